The molecule has 1 heterocycles. The van der Waals surface area contributed by atoms with Gasteiger partial charge >= 0.3 is 0 Å². The van der Waals surface area contributed by atoms with E-state index >= 15 is 0 Å². The van der Waals surface area contributed by atoms with Gasteiger partial charge in [-0.25, -0.2) is 0 Å². The fourth-order valence-corrected chi connectivity index (χ4v) is 2.90. The van der Waals surface area contributed by atoms with Gasteiger partial charge in [-0.3, -0.25) is 9.59 Å². The highest BCUT2D eigenvalue weighted by Crippen LogP contribution is 2.24. The fraction of sp³-hybridized carbons (Fsp3) is 0.222. The van der Waals surface area contributed by atoms with E-state index in [9.17, 15) is 9.59 Å². The molecule has 2 aromatic carbocycles. The number of carbonyl (C=O) groups excluding carboxylic acids is 2. The number of benzene rings is 2. The Labute approximate surface area is 145 Å². The third kappa shape index (κ3) is 3.36. The number of halogens is 1. The van der Waals surface area contributed by atoms with Crippen LogP contribution in [-0.2, 0) is 4.79 Å². The summed E-state index contributed by atoms with van der Waals surface area (Å²) in [6, 6.07) is 13.8. The molecule has 2 aromatic rings. The van der Waals surface area contributed by atoms with Crippen LogP contribution in [0.15, 0.2) is 48.5 Å². The Balaban J connectivity index is 1.70. The first-order chi connectivity index (χ1) is 11.6. The Kier molecular flexibility index (Phi) is 4.71. The van der Waals surface area contributed by atoms with Crippen LogP contribution in [0, 0.1) is 0 Å². The van der Waals surface area contributed by atoms with E-state index in [2.05, 4.69) is 5.32 Å². The minimum atomic E-state index is -0.247. The highest BCUT2D eigenvalue weighted by molar-refractivity contribution is 6.30. The van der Waals surface area contributed by atoms with Gasteiger partial charge in [0.25, 0.3) is 5.91 Å². The number of rotatable bonds is 4. The van der Waals surface area contributed by atoms with E-state index in [0.29, 0.717) is 22.9 Å². The first kappa shape index (κ1) is 16.3. The van der Waals surface area contributed by atoms with Crippen molar-refractivity contribution in [3.05, 3.63) is 59.1 Å². The van der Waals surface area contributed by atoms with Crippen molar-refractivity contribution in [1.29, 1.82) is 0 Å². The first-order valence-electron chi connectivity index (χ1n) is 7.58. The average Bonchev–Trinajstić information content (AvgIpc) is 2.95. The normalized spacial score (nSPS) is 17.0. The standard InChI is InChI=1S/C18H17ClN2O3/c1-24-16-5-3-2-4-15(16)18(23)20-13-10-17(22)21(11-13)14-8-6-12(19)7-9-14/h2-9,13H,10-11H2,1H3,(H,20,23)/t13-/m1/s1. The van der Waals surface area contributed by atoms with Crippen molar-refractivity contribution in [2.45, 2.75) is 12.5 Å². The molecule has 0 aliphatic carbocycles. The molecule has 1 atom stereocenters. The molecule has 0 radical (unpaired) electrons. The maximum Gasteiger partial charge on any atom is 0.255 e. The highest BCUT2D eigenvalue weighted by atomic mass is 35.5. The molecule has 2 amide bonds. The molecule has 6 heteroatoms. The molecule has 0 bridgehead atoms. The van der Waals surface area contributed by atoms with Crippen molar-refractivity contribution < 1.29 is 14.3 Å². The molecule has 1 N–H and O–H groups in total. The van der Waals surface area contributed by atoms with Gasteiger partial charge in [-0.05, 0) is 36.4 Å². The van der Waals surface area contributed by atoms with Crippen molar-refractivity contribution in [1.82, 2.24) is 5.32 Å². The van der Waals surface area contributed by atoms with Crippen molar-refractivity contribution in [2.75, 3.05) is 18.6 Å². The van der Waals surface area contributed by atoms with Crippen LogP contribution in [0.1, 0.15) is 16.8 Å². The Morgan fingerprint density at radius 2 is 1.92 bits per heavy atom. The number of amides is 2. The van der Waals surface area contributed by atoms with Crippen LogP contribution in [0.3, 0.4) is 0 Å². The second-order valence-electron chi connectivity index (χ2n) is 5.56. The summed E-state index contributed by atoms with van der Waals surface area (Å²) in [7, 11) is 1.52. The Bertz CT molecular complexity index is 761. The van der Waals surface area contributed by atoms with Gasteiger partial charge in [0.15, 0.2) is 0 Å². The number of hydrogen-bond donors (Lipinski definition) is 1. The van der Waals surface area contributed by atoms with Crippen molar-refractivity contribution in [3.8, 4) is 5.75 Å². The number of para-hydroxylation sites is 1. The monoisotopic (exact) mass is 344 g/mol. The van der Waals surface area contributed by atoms with E-state index in [4.69, 9.17) is 16.3 Å². The molecular formula is C18H17ClN2O3. The lowest BCUT2D eigenvalue weighted by Gasteiger charge is -2.17. The van der Waals surface area contributed by atoms with Gasteiger partial charge in [-0.1, -0.05) is 23.7 Å². The molecule has 0 saturated carbocycles. The largest absolute Gasteiger partial charge is 0.496 e. The van der Waals surface area contributed by atoms with Gasteiger partial charge < -0.3 is 15.0 Å². The number of nitrogens with zero attached hydrogens (tertiary/aromatic N) is 1. The number of anilines is 1. The number of hydrogen-bond acceptors (Lipinski definition) is 3. The number of nitrogens with one attached hydrogen (secondary N) is 1. The molecule has 24 heavy (non-hydrogen) atoms. The predicted octanol–water partition coefficient (Wildman–Crippen LogP) is 2.88. The first-order valence-corrected chi connectivity index (χ1v) is 7.96. The SMILES string of the molecule is COc1ccccc1C(=O)N[C@@H]1CC(=O)N(c2ccc(Cl)cc2)C1. The zero-order valence-electron chi connectivity index (χ0n) is 13.2. The molecule has 0 unspecified atom stereocenters. The summed E-state index contributed by atoms with van der Waals surface area (Å²) in [5, 5.41) is 3.52. The van der Waals surface area contributed by atoms with Gasteiger partial charge in [0, 0.05) is 23.7 Å². The molecule has 1 aliphatic heterocycles. The molecule has 5 nitrogen and oxygen atoms in total. The van der Waals surface area contributed by atoms with Crippen molar-refractivity contribution in [2.24, 2.45) is 0 Å². The molecule has 124 valence electrons. The van der Waals surface area contributed by atoms with Gasteiger partial charge in [0.05, 0.1) is 18.7 Å². The smallest absolute Gasteiger partial charge is 0.255 e. The lowest BCUT2D eigenvalue weighted by atomic mass is 10.1. The van der Waals surface area contributed by atoms with E-state index in [1.165, 1.54) is 7.11 Å². The predicted molar refractivity (Wildman–Crippen MR) is 92.7 cm³/mol. The van der Waals surface area contributed by atoms with Crippen LogP contribution in [-0.4, -0.2) is 31.5 Å². The molecular weight excluding hydrogens is 328 g/mol. The van der Waals surface area contributed by atoms with Gasteiger partial charge in [-0.2, -0.15) is 0 Å². The maximum absolute atomic E-state index is 12.4. The summed E-state index contributed by atoms with van der Waals surface area (Å²) >= 11 is 5.88. The summed E-state index contributed by atoms with van der Waals surface area (Å²) in [5.74, 6) is 0.236. The molecule has 0 aromatic heterocycles. The van der Waals surface area contributed by atoms with E-state index in [1.807, 2.05) is 0 Å². The van der Waals surface area contributed by atoms with E-state index < -0.39 is 0 Å². The van der Waals surface area contributed by atoms with Gasteiger partial charge in [0.1, 0.15) is 5.75 Å². The minimum absolute atomic E-state index is 0.0253. The molecule has 1 fully saturated rings. The summed E-state index contributed by atoms with van der Waals surface area (Å²) in [6.45, 7) is 0.432. The van der Waals surface area contributed by atoms with Crippen LogP contribution in [0.25, 0.3) is 0 Å². The third-order valence-electron chi connectivity index (χ3n) is 3.95. The number of carbonyl (C=O) groups is 2. The van der Waals surface area contributed by atoms with Crippen LogP contribution in [0.4, 0.5) is 5.69 Å². The van der Waals surface area contributed by atoms with Crippen LogP contribution in [0.2, 0.25) is 5.02 Å². The zero-order valence-corrected chi connectivity index (χ0v) is 13.9. The summed E-state index contributed by atoms with van der Waals surface area (Å²) in [5.41, 5.74) is 1.23. The number of ether oxygens (including phenoxy) is 1. The van der Waals surface area contributed by atoms with Crippen molar-refractivity contribution in [3.63, 3.8) is 0 Å². The van der Waals surface area contributed by atoms with Gasteiger partial charge in [-0.15, -0.1) is 0 Å². The third-order valence-corrected chi connectivity index (χ3v) is 4.20. The summed E-state index contributed by atoms with van der Waals surface area (Å²) in [6.07, 6.45) is 0.267. The molecule has 1 saturated heterocycles. The quantitative estimate of drug-likeness (QED) is 0.927. The van der Waals surface area contributed by atoms with E-state index in [-0.39, 0.29) is 24.3 Å². The second-order valence-corrected chi connectivity index (χ2v) is 5.99. The van der Waals surface area contributed by atoms with Crippen LogP contribution < -0.4 is 15.0 Å². The Hall–Kier alpha value is -2.53. The molecule has 0 spiro atoms. The average molecular weight is 345 g/mol. The molecule has 1 aliphatic rings. The fourth-order valence-electron chi connectivity index (χ4n) is 2.77. The Morgan fingerprint density at radius 3 is 2.62 bits per heavy atom. The Morgan fingerprint density at radius 1 is 1.21 bits per heavy atom. The summed E-state index contributed by atoms with van der Waals surface area (Å²) in [4.78, 5) is 26.3. The van der Waals surface area contributed by atoms with E-state index in [1.54, 1.807) is 53.4 Å². The zero-order chi connectivity index (χ0) is 17.1. The minimum Gasteiger partial charge on any atom is -0.496 e. The second kappa shape index (κ2) is 6.93. The maximum atomic E-state index is 12.4. The van der Waals surface area contributed by atoms with Crippen LogP contribution >= 0.6 is 11.6 Å². The van der Waals surface area contributed by atoms with Gasteiger partial charge in [0.2, 0.25) is 5.91 Å². The molecule has 3 rings (SSSR count). The van der Waals surface area contributed by atoms with Crippen LogP contribution in [0.5, 0.6) is 5.75 Å². The van der Waals surface area contributed by atoms with Crippen molar-refractivity contribution >= 4 is 29.1 Å². The lowest BCUT2D eigenvalue weighted by molar-refractivity contribution is -0.117. The highest BCUT2D eigenvalue weighted by Gasteiger charge is 2.32. The lowest BCUT2D eigenvalue weighted by Crippen LogP contribution is -2.37. The topological polar surface area (TPSA) is 58.6 Å². The number of methoxy groups -OCH3 is 1. The van der Waals surface area contributed by atoms with E-state index in [0.717, 1.165) is 5.69 Å². The summed E-state index contributed by atoms with van der Waals surface area (Å²) < 4.78 is 5.20.